The lowest BCUT2D eigenvalue weighted by molar-refractivity contribution is 0.197. The number of hydrogen-bond donors (Lipinski definition) is 2. The van der Waals surface area contributed by atoms with Gasteiger partial charge < -0.3 is 25.0 Å². The molecule has 7 nitrogen and oxygen atoms in total. The average Bonchev–Trinajstić information content (AvgIpc) is 2.86. The summed E-state index contributed by atoms with van der Waals surface area (Å²) in [6.45, 7) is 3.02. The quantitative estimate of drug-likeness (QED) is 0.524. The molecule has 1 aliphatic heterocycles. The summed E-state index contributed by atoms with van der Waals surface area (Å²) in [5, 5.41) is 6.01. The molecular formula is C26H30N4O3. The van der Waals surface area contributed by atoms with Crippen LogP contribution in [0.15, 0.2) is 73.1 Å². The predicted octanol–water partition coefficient (Wildman–Crippen LogP) is 4.71. The number of rotatable bonds is 8. The monoisotopic (exact) mass is 446 g/mol. The van der Waals surface area contributed by atoms with Crippen LogP contribution in [0.1, 0.15) is 18.4 Å². The van der Waals surface area contributed by atoms with Crippen molar-refractivity contribution in [1.29, 1.82) is 0 Å². The van der Waals surface area contributed by atoms with Crippen LogP contribution >= 0.6 is 0 Å². The van der Waals surface area contributed by atoms with Crippen LogP contribution in [0, 0.1) is 0 Å². The summed E-state index contributed by atoms with van der Waals surface area (Å²) < 4.78 is 11.2. The molecule has 0 saturated carbocycles. The molecule has 0 bridgehead atoms. The lowest BCUT2D eigenvalue weighted by Crippen LogP contribution is -2.46. The number of nitrogens with zero attached hydrogens (tertiary/aromatic N) is 2. The Morgan fingerprint density at radius 3 is 2.39 bits per heavy atom. The van der Waals surface area contributed by atoms with Crippen molar-refractivity contribution in [3.8, 4) is 17.2 Å². The van der Waals surface area contributed by atoms with Crippen molar-refractivity contribution in [1.82, 2.24) is 15.2 Å². The number of likely N-dealkylation sites (tertiary alicyclic amines) is 1. The predicted molar refractivity (Wildman–Crippen MR) is 129 cm³/mol. The Morgan fingerprint density at radius 2 is 1.70 bits per heavy atom. The number of benzene rings is 2. The summed E-state index contributed by atoms with van der Waals surface area (Å²) in [4.78, 5) is 19.0. The number of hydrogen-bond acceptors (Lipinski definition) is 5. The van der Waals surface area contributed by atoms with E-state index in [-0.39, 0.29) is 12.1 Å². The van der Waals surface area contributed by atoms with Crippen molar-refractivity contribution in [3.05, 3.63) is 78.6 Å². The van der Waals surface area contributed by atoms with E-state index >= 15 is 0 Å². The zero-order valence-corrected chi connectivity index (χ0v) is 18.9. The molecule has 0 atom stereocenters. The molecule has 1 aliphatic rings. The van der Waals surface area contributed by atoms with Gasteiger partial charge in [0.15, 0.2) is 11.5 Å². The van der Waals surface area contributed by atoms with Gasteiger partial charge in [-0.15, -0.1) is 0 Å². The lowest BCUT2D eigenvalue weighted by atomic mass is 10.0. The zero-order valence-electron chi connectivity index (χ0n) is 18.9. The van der Waals surface area contributed by atoms with Gasteiger partial charge in [0, 0.05) is 43.8 Å². The first kappa shape index (κ1) is 22.6. The highest BCUT2D eigenvalue weighted by molar-refractivity contribution is 5.89. The minimum absolute atomic E-state index is 0.177. The van der Waals surface area contributed by atoms with Crippen LogP contribution in [0.5, 0.6) is 17.2 Å². The third-order valence-corrected chi connectivity index (χ3v) is 5.80. The second kappa shape index (κ2) is 11.3. The topological polar surface area (TPSA) is 75.7 Å². The average molecular weight is 447 g/mol. The van der Waals surface area contributed by atoms with E-state index in [4.69, 9.17) is 9.47 Å². The Labute approximate surface area is 194 Å². The first-order chi connectivity index (χ1) is 16.2. The van der Waals surface area contributed by atoms with Gasteiger partial charge >= 0.3 is 6.03 Å². The number of urea groups is 1. The standard InChI is InChI=1S/C26H30N4O3/c1-32-24-4-2-3-5-25(24)33-23-8-6-21(7-9-23)28-26(31)29-22-13-18-30(19-14-22)17-12-20-10-15-27-16-11-20/h2-11,15-16,22H,12-14,17-19H2,1H3,(H2,28,29,31). The maximum absolute atomic E-state index is 12.4. The summed E-state index contributed by atoms with van der Waals surface area (Å²) in [5.41, 5.74) is 2.03. The molecule has 7 heteroatoms. The number of ether oxygens (including phenoxy) is 2. The Kier molecular flexibility index (Phi) is 7.76. The smallest absolute Gasteiger partial charge is 0.319 e. The number of carbonyl (C=O) groups is 1. The number of anilines is 1. The van der Waals surface area contributed by atoms with Gasteiger partial charge in [-0.3, -0.25) is 4.98 Å². The molecule has 2 aromatic carbocycles. The van der Waals surface area contributed by atoms with Crippen LogP contribution in [0.3, 0.4) is 0 Å². The SMILES string of the molecule is COc1ccccc1Oc1ccc(NC(=O)NC2CCN(CCc3ccncc3)CC2)cc1. The number of piperidine rings is 1. The number of methoxy groups -OCH3 is 1. The van der Waals surface area contributed by atoms with E-state index in [2.05, 4.69) is 32.7 Å². The molecule has 33 heavy (non-hydrogen) atoms. The van der Waals surface area contributed by atoms with Crippen LogP contribution in [0.2, 0.25) is 0 Å². The number of carbonyl (C=O) groups excluding carboxylic acids is 1. The van der Waals surface area contributed by atoms with Crippen molar-refractivity contribution in [2.75, 3.05) is 32.1 Å². The Balaban J connectivity index is 1.19. The van der Waals surface area contributed by atoms with Gasteiger partial charge in [-0.25, -0.2) is 4.79 Å². The first-order valence-corrected chi connectivity index (χ1v) is 11.3. The van der Waals surface area contributed by atoms with Gasteiger partial charge in [0.2, 0.25) is 0 Å². The maximum Gasteiger partial charge on any atom is 0.319 e. The highest BCUT2D eigenvalue weighted by atomic mass is 16.5. The van der Waals surface area contributed by atoms with Crippen molar-refractivity contribution in [3.63, 3.8) is 0 Å². The molecule has 172 valence electrons. The van der Waals surface area contributed by atoms with Gasteiger partial charge in [0.05, 0.1) is 7.11 Å². The molecule has 0 unspecified atom stereocenters. The number of pyridine rings is 1. The van der Waals surface area contributed by atoms with Crippen molar-refractivity contribution in [2.45, 2.75) is 25.3 Å². The molecule has 1 fully saturated rings. The number of nitrogens with one attached hydrogen (secondary N) is 2. The molecule has 0 aliphatic carbocycles. The van der Waals surface area contributed by atoms with E-state index < -0.39 is 0 Å². The van der Waals surface area contributed by atoms with Gasteiger partial charge in [-0.05, 0) is 73.4 Å². The summed E-state index contributed by atoms with van der Waals surface area (Å²) >= 11 is 0. The largest absolute Gasteiger partial charge is 0.493 e. The van der Waals surface area contributed by atoms with E-state index in [9.17, 15) is 4.79 Å². The Morgan fingerprint density at radius 1 is 1.00 bits per heavy atom. The fraction of sp³-hybridized carbons (Fsp3) is 0.308. The van der Waals surface area contributed by atoms with Crippen LogP contribution in [0.4, 0.5) is 10.5 Å². The first-order valence-electron chi connectivity index (χ1n) is 11.3. The van der Waals surface area contributed by atoms with Crippen molar-refractivity contribution < 1.29 is 14.3 Å². The summed E-state index contributed by atoms with van der Waals surface area (Å²) in [5.74, 6) is 1.98. The molecule has 0 radical (unpaired) electrons. The van der Waals surface area contributed by atoms with E-state index in [0.717, 1.165) is 44.6 Å². The molecule has 0 spiro atoms. The molecule has 3 aromatic rings. The molecule has 2 N–H and O–H groups in total. The van der Waals surface area contributed by atoms with Crippen LogP contribution in [-0.2, 0) is 6.42 Å². The van der Waals surface area contributed by atoms with Crippen LogP contribution in [-0.4, -0.2) is 48.7 Å². The molecular weight excluding hydrogens is 416 g/mol. The zero-order chi connectivity index (χ0) is 22.9. The van der Waals surface area contributed by atoms with E-state index in [1.165, 1.54) is 5.56 Å². The Hall–Kier alpha value is -3.58. The van der Waals surface area contributed by atoms with Crippen LogP contribution < -0.4 is 20.1 Å². The minimum Gasteiger partial charge on any atom is -0.493 e. The second-order valence-corrected chi connectivity index (χ2v) is 8.10. The number of aromatic nitrogens is 1. The van der Waals surface area contributed by atoms with Gasteiger partial charge in [0.25, 0.3) is 0 Å². The fourth-order valence-electron chi connectivity index (χ4n) is 3.93. The van der Waals surface area contributed by atoms with Crippen molar-refractivity contribution in [2.24, 2.45) is 0 Å². The van der Waals surface area contributed by atoms with Crippen molar-refractivity contribution >= 4 is 11.7 Å². The summed E-state index contributed by atoms with van der Waals surface area (Å²) in [6, 6.07) is 18.9. The second-order valence-electron chi connectivity index (χ2n) is 8.10. The highest BCUT2D eigenvalue weighted by Gasteiger charge is 2.20. The molecule has 4 rings (SSSR count). The van der Waals surface area contributed by atoms with E-state index in [1.54, 1.807) is 7.11 Å². The molecule has 2 amide bonds. The number of amides is 2. The number of para-hydroxylation sites is 2. The maximum atomic E-state index is 12.4. The summed E-state index contributed by atoms with van der Waals surface area (Å²) in [6.07, 6.45) is 6.61. The third-order valence-electron chi connectivity index (χ3n) is 5.80. The molecule has 1 aromatic heterocycles. The van der Waals surface area contributed by atoms with Gasteiger partial charge in [-0.1, -0.05) is 12.1 Å². The lowest BCUT2D eigenvalue weighted by Gasteiger charge is -2.32. The normalized spacial score (nSPS) is 14.5. The highest BCUT2D eigenvalue weighted by Crippen LogP contribution is 2.31. The minimum atomic E-state index is -0.177. The third kappa shape index (κ3) is 6.70. The van der Waals surface area contributed by atoms with Gasteiger partial charge in [0.1, 0.15) is 5.75 Å². The summed E-state index contributed by atoms with van der Waals surface area (Å²) in [7, 11) is 1.61. The van der Waals surface area contributed by atoms with Gasteiger partial charge in [-0.2, -0.15) is 0 Å². The van der Waals surface area contributed by atoms with Crippen LogP contribution in [0.25, 0.3) is 0 Å². The van der Waals surface area contributed by atoms with E-state index in [0.29, 0.717) is 17.2 Å². The Bertz CT molecular complexity index is 1020. The molecule has 1 saturated heterocycles. The molecule has 2 heterocycles. The van der Waals surface area contributed by atoms with E-state index in [1.807, 2.05) is 60.9 Å². The fourth-order valence-corrected chi connectivity index (χ4v) is 3.93.